The van der Waals surface area contributed by atoms with Gasteiger partial charge in [-0.1, -0.05) is 60.7 Å². The Labute approximate surface area is 130 Å². The Balaban J connectivity index is 2.01. The molecule has 0 aliphatic heterocycles. The molecule has 0 atom stereocenters. The zero-order valence-electron chi connectivity index (χ0n) is 11.7. The van der Waals surface area contributed by atoms with Crippen molar-refractivity contribution < 1.29 is 9.08 Å². The average Bonchev–Trinajstić information content (AvgIpc) is 2.54. The van der Waals surface area contributed by atoms with E-state index in [2.05, 4.69) is 33.5 Å². The minimum absolute atomic E-state index is 0.281. The maximum absolute atomic E-state index is 11.2. The highest BCUT2D eigenvalue weighted by molar-refractivity contribution is 6.13. The lowest BCUT2D eigenvalue weighted by atomic mass is 10.1. The predicted molar refractivity (Wildman–Crippen MR) is 83.6 cm³/mol. The Morgan fingerprint density at radius 2 is 1.38 bits per heavy atom. The largest absolute Gasteiger partial charge is 0.348 e. The fourth-order valence-electron chi connectivity index (χ4n) is 2.19. The van der Waals surface area contributed by atoms with Crippen LogP contribution in [0.5, 0.6) is 0 Å². The monoisotopic (exact) mass is 303 g/mol. The highest BCUT2D eigenvalue weighted by Gasteiger charge is 2.10. The molecule has 0 aliphatic carbocycles. The summed E-state index contributed by atoms with van der Waals surface area (Å²) in [6.07, 6.45) is 0.281. The number of carbonyl (C=O) groups excluding carboxylic acids is 1. The molecule has 110 valence electrons. The Kier molecular flexibility index (Phi) is 6.25. The van der Waals surface area contributed by atoms with E-state index >= 15 is 0 Å². The molecule has 0 aromatic heterocycles. The second-order valence-corrected chi connectivity index (χ2v) is 5.04. The summed E-state index contributed by atoms with van der Waals surface area (Å²) in [5.74, 6) is -0.400. The number of halogens is 1. The molecule has 0 aliphatic rings. The smallest absolute Gasteiger partial charge is 0.326 e. The van der Waals surface area contributed by atoms with Gasteiger partial charge >= 0.3 is 5.97 Å². The zero-order valence-corrected chi connectivity index (χ0v) is 12.5. The van der Waals surface area contributed by atoms with Crippen LogP contribution in [0.25, 0.3) is 0 Å². The lowest BCUT2D eigenvalue weighted by Gasteiger charge is -2.22. The van der Waals surface area contributed by atoms with E-state index in [0.717, 1.165) is 13.1 Å². The summed E-state index contributed by atoms with van der Waals surface area (Å²) < 4.78 is 4.21. The molecule has 2 aromatic rings. The number of nitrogens with zero attached hydrogens (tertiary/aromatic N) is 1. The van der Waals surface area contributed by atoms with Crippen molar-refractivity contribution in [1.29, 1.82) is 0 Å². The first-order valence-electron chi connectivity index (χ1n) is 6.89. The fourth-order valence-corrected chi connectivity index (χ4v) is 2.26. The normalized spacial score (nSPS) is 10.6. The molecule has 3 nitrogen and oxygen atoms in total. The Bertz CT molecular complexity index is 504. The first kappa shape index (κ1) is 15.5. The van der Waals surface area contributed by atoms with Crippen molar-refractivity contribution in [3.8, 4) is 0 Å². The molecule has 0 saturated heterocycles. The van der Waals surface area contributed by atoms with Crippen LogP contribution < -0.4 is 0 Å². The summed E-state index contributed by atoms with van der Waals surface area (Å²) in [5, 5.41) is 0. The molecule has 0 spiro atoms. The van der Waals surface area contributed by atoms with E-state index in [1.54, 1.807) is 0 Å². The minimum atomic E-state index is -0.400. The van der Waals surface area contributed by atoms with Crippen LogP contribution in [0.1, 0.15) is 17.5 Å². The van der Waals surface area contributed by atoms with Crippen LogP contribution in [0, 0.1) is 0 Å². The van der Waals surface area contributed by atoms with E-state index in [0.29, 0.717) is 6.54 Å². The molecule has 2 rings (SSSR count). The maximum Gasteiger partial charge on any atom is 0.326 e. The van der Waals surface area contributed by atoms with Gasteiger partial charge in [-0.15, -0.1) is 0 Å². The molecule has 4 heteroatoms. The van der Waals surface area contributed by atoms with Crippen molar-refractivity contribution in [1.82, 2.24) is 4.90 Å². The van der Waals surface area contributed by atoms with Gasteiger partial charge in [0.1, 0.15) is 11.9 Å². The highest BCUT2D eigenvalue weighted by Crippen LogP contribution is 2.11. The molecule has 0 heterocycles. The number of hydrogen-bond acceptors (Lipinski definition) is 3. The molecular formula is C17H18ClNO2. The molecule has 0 N–H and O–H groups in total. The van der Waals surface area contributed by atoms with Crippen molar-refractivity contribution in [2.45, 2.75) is 19.5 Å². The van der Waals surface area contributed by atoms with Gasteiger partial charge < -0.3 is 4.29 Å². The van der Waals surface area contributed by atoms with Crippen LogP contribution in [0.15, 0.2) is 60.7 Å². The number of benzene rings is 2. The van der Waals surface area contributed by atoms with Gasteiger partial charge in [-0.05, 0) is 11.1 Å². The van der Waals surface area contributed by atoms with Crippen LogP contribution in [0.2, 0.25) is 0 Å². The van der Waals surface area contributed by atoms with E-state index in [-0.39, 0.29) is 6.42 Å². The molecule has 0 bridgehead atoms. The predicted octanol–water partition coefficient (Wildman–Crippen LogP) is 3.78. The topological polar surface area (TPSA) is 29.5 Å². The third-order valence-corrected chi connectivity index (χ3v) is 3.39. The molecule has 0 fully saturated rings. The van der Waals surface area contributed by atoms with Crippen molar-refractivity contribution in [2.24, 2.45) is 0 Å². The first-order valence-corrected chi connectivity index (χ1v) is 7.20. The van der Waals surface area contributed by atoms with Gasteiger partial charge in [0.05, 0.1) is 6.42 Å². The summed E-state index contributed by atoms with van der Waals surface area (Å²) in [4.78, 5) is 13.4. The second-order valence-electron chi connectivity index (χ2n) is 4.88. The average molecular weight is 304 g/mol. The molecule has 0 saturated carbocycles. The summed E-state index contributed by atoms with van der Waals surface area (Å²) >= 11 is 5.09. The summed E-state index contributed by atoms with van der Waals surface area (Å²) in [5.41, 5.74) is 2.43. The van der Waals surface area contributed by atoms with Gasteiger partial charge in [0.2, 0.25) is 0 Å². The van der Waals surface area contributed by atoms with E-state index in [9.17, 15) is 4.79 Å². The number of hydrogen-bond donors (Lipinski definition) is 0. The van der Waals surface area contributed by atoms with Gasteiger partial charge in [-0.25, -0.2) is 0 Å². The number of rotatable bonds is 7. The summed E-state index contributed by atoms with van der Waals surface area (Å²) in [7, 11) is 0. The second kappa shape index (κ2) is 8.45. The highest BCUT2D eigenvalue weighted by atomic mass is 35.5. The third kappa shape index (κ3) is 5.58. The summed E-state index contributed by atoms with van der Waals surface area (Å²) in [6.45, 7) is 2.17. The fraction of sp³-hybridized carbons (Fsp3) is 0.235. The van der Waals surface area contributed by atoms with Gasteiger partial charge in [0.25, 0.3) is 0 Å². The van der Waals surface area contributed by atoms with E-state index in [4.69, 9.17) is 11.9 Å². The van der Waals surface area contributed by atoms with Gasteiger partial charge in [0.15, 0.2) is 0 Å². The zero-order chi connectivity index (χ0) is 14.9. The van der Waals surface area contributed by atoms with Crippen LogP contribution in [-0.4, -0.2) is 17.4 Å². The van der Waals surface area contributed by atoms with Gasteiger partial charge in [-0.2, -0.15) is 0 Å². The van der Waals surface area contributed by atoms with Crippen molar-refractivity contribution >= 4 is 17.8 Å². The van der Waals surface area contributed by atoms with Crippen LogP contribution in [-0.2, 0) is 22.2 Å². The quantitative estimate of drug-likeness (QED) is 0.779. The number of carbonyl (C=O) groups is 1. The first-order chi connectivity index (χ1) is 10.3. The lowest BCUT2D eigenvalue weighted by Crippen LogP contribution is -2.25. The molecule has 21 heavy (non-hydrogen) atoms. The molecule has 0 radical (unpaired) electrons. The van der Waals surface area contributed by atoms with Crippen LogP contribution in [0.4, 0.5) is 0 Å². The Hall–Kier alpha value is -1.84. The van der Waals surface area contributed by atoms with E-state index < -0.39 is 5.97 Å². The molecule has 0 amide bonds. The van der Waals surface area contributed by atoms with E-state index in [1.165, 1.54) is 11.1 Å². The Morgan fingerprint density at radius 3 is 1.81 bits per heavy atom. The van der Waals surface area contributed by atoms with Crippen molar-refractivity contribution in [3.05, 3.63) is 71.8 Å². The Morgan fingerprint density at radius 1 is 0.905 bits per heavy atom. The minimum Gasteiger partial charge on any atom is -0.348 e. The standard InChI is InChI=1S/C17H18ClNO2/c18-21-17(20)11-12-19(13-15-7-3-1-4-8-15)14-16-9-5-2-6-10-16/h1-10H,11-14H2. The maximum atomic E-state index is 11.2. The molecule has 2 aromatic carbocycles. The van der Waals surface area contributed by atoms with Gasteiger partial charge in [-0.3, -0.25) is 9.69 Å². The van der Waals surface area contributed by atoms with Crippen molar-refractivity contribution in [2.75, 3.05) is 6.54 Å². The van der Waals surface area contributed by atoms with E-state index in [1.807, 2.05) is 36.4 Å². The van der Waals surface area contributed by atoms with Crippen LogP contribution >= 0.6 is 11.9 Å². The van der Waals surface area contributed by atoms with Crippen LogP contribution in [0.3, 0.4) is 0 Å². The summed E-state index contributed by atoms with van der Waals surface area (Å²) in [6, 6.07) is 20.4. The third-order valence-electron chi connectivity index (χ3n) is 3.22. The molecular weight excluding hydrogens is 286 g/mol. The SMILES string of the molecule is O=C(CCN(Cc1ccccc1)Cc1ccccc1)OCl. The van der Waals surface area contributed by atoms with Gasteiger partial charge in [0, 0.05) is 19.6 Å². The van der Waals surface area contributed by atoms with Crippen molar-refractivity contribution in [3.63, 3.8) is 0 Å². The molecule has 0 unspecified atom stereocenters. The lowest BCUT2D eigenvalue weighted by molar-refractivity contribution is -0.134.